The first-order valence-corrected chi connectivity index (χ1v) is 7.07. The highest BCUT2D eigenvalue weighted by molar-refractivity contribution is 5.95. The van der Waals surface area contributed by atoms with Crippen molar-refractivity contribution in [1.82, 2.24) is 0 Å². The van der Waals surface area contributed by atoms with Crippen LogP contribution in [-0.2, 0) is 30.9 Å². The first-order valence-electron chi connectivity index (χ1n) is 7.07. The number of hydrogen-bond donors (Lipinski definition) is 0. The van der Waals surface area contributed by atoms with E-state index in [0.29, 0.717) is 0 Å². The summed E-state index contributed by atoms with van der Waals surface area (Å²) in [6.07, 6.45) is 0.208. The van der Waals surface area contributed by atoms with Crippen LogP contribution >= 0.6 is 0 Å². The van der Waals surface area contributed by atoms with E-state index in [-0.39, 0.29) is 11.8 Å². The fraction of sp³-hybridized carbons (Fsp3) is 0.529. The van der Waals surface area contributed by atoms with Crippen LogP contribution in [0.15, 0.2) is 18.2 Å². The molecule has 0 aliphatic heterocycles. The number of carbonyl (C=O) groups is 2. The Morgan fingerprint density at radius 2 is 1.59 bits per heavy atom. The highest BCUT2D eigenvalue weighted by Crippen LogP contribution is 2.32. The second-order valence-electron chi connectivity index (χ2n) is 6.09. The minimum Gasteiger partial charge on any atom is -0.496 e. The van der Waals surface area contributed by atoms with Crippen molar-refractivity contribution in [3.63, 3.8) is 0 Å². The van der Waals surface area contributed by atoms with E-state index in [1.54, 1.807) is 7.11 Å². The summed E-state index contributed by atoms with van der Waals surface area (Å²) < 4.78 is 14.8. The van der Waals surface area contributed by atoms with Crippen LogP contribution in [0.2, 0.25) is 0 Å². The molecule has 0 aliphatic rings. The monoisotopic (exact) mass is 308 g/mol. The molecule has 0 N–H and O–H groups in total. The summed E-state index contributed by atoms with van der Waals surface area (Å²) in [6.45, 7) is 6.28. The summed E-state index contributed by atoms with van der Waals surface area (Å²) in [5, 5.41) is 0. The lowest BCUT2D eigenvalue weighted by molar-refractivity contribution is -0.158. The van der Waals surface area contributed by atoms with Gasteiger partial charge >= 0.3 is 11.9 Å². The van der Waals surface area contributed by atoms with E-state index in [9.17, 15) is 9.59 Å². The Morgan fingerprint density at radius 1 is 1.05 bits per heavy atom. The van der Waals surface area contributed by atoms with E-state index in [1.807, 2.05) is 18.2 Å². The maximum absolute atomic E-state index is 11.7. The SMILES string of the molecule is COC(=O)C(Cc1ccc(C(C)(C)C)c(OC)c1)C(=O)OC. The van der Waals surface area contributed by atoms with Gasteiger partial charge in [0.25, 0.3) is 0 Å². The minimum absolute atomic E-state index is 0.0615. The van der Waals surface area contributed by atoms with Crippen molar-refractivity contribution in [2.75, 3.05) is 21.3 Å². The van der Waals surface area contributed by atoms with Crippen molar-refractivity contribution < 1.29 is 23.8 Å². The molecular formula is C17H24O5. The van der Waals surface area contributed by atoms with Gasteiger partial charge in [-0.3, -0.25) is 9.59 Å². The number of hydrogen-bond acceptors (Lipinski definition) is 5. The largest absolute Gasteiger partial charge is 0.496 e. The maximum atomic E-state index is 11.7. The Morgan fingerprint density at radius 3 is 2.00 bits per heavy atom. The average molecular weight is 308 g/mol. The molecule has 0 spiro atoms. The maximum Gasteiger partial charge on any atom is 0.320 e. The lowest BCUT2D eigenvalue weighted by Gasteiger charge is -2.23. The van der Waals surface area contributed by atoms with Crippen molar-refractivity contribution in [3.8, 4) is 5.75 Å². The molecule has 0 saturated heterocycles. The molecule has 1 aromatic carbocycles. The number of benzene rings is 1. The van der Waals surface area contributed by atoms with Gasteiger partial charge in [-0.1, -0.05) is 32.9 Å². The molecule has 0 fully saturated rings. The van der Waals surface area contributed by atoms with Crippen LogP contribution in [0.25, 0.3) is 0 Å². The van der Waals surface area contributed by atoms with Crippen LogP contribution in [0.5, 0.6) is 5.75 Å². The fourth-order valence-electron chi connectivity index (χ4n) is 2.27. The zero-order chi connectivity index (χ0) is 16.9. The van der Waals surface area contributed by atoms with Crippen LogP contribution in [0.1, 0.15) is 31.9 Å². The van der Waals surface area contributed by atoms with Gasteiger partial charge in [0, 0.05) is 0 Å². The minimum atomic E-state index is -0.972. The lowest BCUT2D eigenvalue weighted by Crippen LogP contribution is -2.28. The summed E-state index contributed by atoms with van der Waals surface area (Å²) in [7, 11) is 4.11. The van der Waals surface area contributed by atoms with Crippen molar-refractivity contribution in [2.45, 2.75) is 32.6 Å². The normalized spacial score (nSPS) is 11.2. The zero-order valence-corrected chi connectivity index (χ0v) is 14.1. The standard InChI is InChI=1S/C17H24O5/c1-17(2,3)13-8-7-11(10-14(13)20-4)9-12(15(18)21-5)16(19)22-6/h7-8,10,12H,9H2,1-6H3. The molecule has 0 amide bonds. The molecule has 0 aromatic heterocycles. The summed E-state index contributed by atoms with van der Waals surface area (Å²) in [6, 6.07) is 5.70. The molecule has 1 rings (SSSR count). The van der Waals surface area contributed by atoms with Gasteiger partial charge in [0.1, 0.15) is 5.75 Å². The molecule has 122 valence electrons. The third-order valence-corrected chi connectivity index (χ3v) is 3.49. The van der Waals surface area contributed by atoms with Crippen LogP contribution < -0.4 is 4.74 Å². The molecule has 0 saturated carbocycles. The third kappa shape index (κ3) is 4.23. The molecule has 5 heteroatoms. The first kappa shape index (κ1) is 18.0. The molecule has 0 heterocycles. The average Bonchev–Trinajstić information content (AvgIpc) is 2.49. The van der Waals surface area contributed by atoms with Gasteiger partial charge in [-0.15, -0.1) is 0 Å². The fourth-order valence-corrected chi connectivity index (χ4v) is 2.27. The Hall–Kier alpha value is -2.04. The Labute approximate surface area is 131 Å². The van der Waals surface area contributed by atoms with E-state index < -0.39 is 17.9 Å². The van der Waals surface area contributed by atoms with Crippen LogP contribution in [-0.4, -0.2) is 33.3 Å². The van der Waals surface area contributed by atoms with Crippen LogP contribution in [0.3, 0.4) is 0 Å². The molecule has 22 heavy (non-hydrogen) atoms. The molecule has 0 unspecified atom stereocenters. The van der Waals surface area contributed by atoms with E-state index in [1.165, 1.54) is 14.2 Å². The highest BCUT2D eigenvalue weighted by atomic mass is 16.5. The third-order valence-electron chi connectivity index (χ3n) is 3.49. The molecule has 0 radical (unpaired) electrons. The Bertz CT molecular complexity index is 526. The number of esters is 2. The number of ether oxygens (including phenoxy) is 3. The van der Waals surface area contributed by atoms with E-state index in [2.05, 4.69) is 30.2 Å². The van der Waals surface area contributed by atoms with Crippen molar-refractivity contribution in [2.24, 2.45) is 5.92 Å². The van der Waals surface area contributed by atoms with E-state index in [0.717, 1.165) is 16.9 Å². The van der Waals surface area contributed by atoms with Gasteiger partial charge < -0.3 is 14.2 Å². The molecule has 0 atom stereocenters. The molecular weight excluding hydrogens is 284 g/mol. The summed E-state index contributed by atoms with van der Waals surface area (Å²) in [5.74, 6) is -1.45. The number of carbonyl (C=O) groups excluding carboxylic acids is 2. The Kier molecular flexibility index (Phi) is 5.97. The van der Waals surface area contributed by atoms with Crippen molar-refractivity contribution >= 4 is 11.9 Å². The van der Waals surface area contributed by atoms with Gasteiger partial charge in [0.05, 0.1) is 21.3 Å². The highest BCUT2D eigenvalue weighted by Gasteiger charge is 2.29. The van der Waals surface area contributed by atoms with Crippen molar-refractivity contribution in [1.29, 1.82) is 0 Å². The summed E-state index contributed by atoms with van der Waals surface area (Å²) >= 11 is 0. The quantitative estimate of drug-likeness (QED) is 0.618. The second-order valence-corrected chi connectivity index (χ2v) is 6.09. The number of rotatable bonds is 5. The van der Waals surface area contributed by atoms with Gasteiger partial charge in [0.2, 0.25) is 0 Å². The zero-order valence-electron chi connectivity index (χ0n) is 14.1. The Balaban J connectivity index is 3.11. The molecule has 0 bridgehead atoms. The molecule has 1 aromatic rings. The van der Waals surface area contributed by atoms with Gasteiger partial charge in [0.15, 0.2) is 5.92 Å². The molecule has 5 nitrogen and oxygen atoms in total. The molecule has 0 aliphatic carbocycles. The smallest absolute Gasteiger partial charge is 0.320 e. The van der Waals surface area contributed by atoms with E-state index in [4.69, 9.17) is 4.74 Å². The van der Waals surface area contributed by atoms with Gasteiger partial charge in [-0.25, -0.2) is 0 Å². The summed E-state index contributed by atoms with van der Waals surface area (Å²) in [5.41, 5.74) is 1.81. The predicted molar refractivity (Wildman–Crippen MR) is 82.9 cm³/mol. The van der Waals surface area contributed by atoms with Gasteiger partial charge in [-0.2, -0.15) is 0 Å². The van der Waals surface area contributed by atoms with E-state index >= 15 is 0 Å². The van der Waals surface area contributed by atoms with Gasteiger partial charge in [-0.05, 0) is 29.0 Å². The summed E-state index contributed by atoms with van der Waals surface area (Å²) in [4.78, 5) is 23.5. The number of methoxy groups -OCH3 is 3. The second kappa shape index (κ2) is 7.29. The van der Waals surface area contributed by atoms with Crippen molar-refractivity contribution in [3.05, 3.63) is 29.3 Å². The predicted octanol–water partition coefficient (Wildman–Crippen LogP) is 2.50. The first-order chi connectivity index (χ1) is 10.2. The lowest BCUT2D eigenvalue weighted by atomic mass is 9.85. The topological polar surface area (TPSA) is 61.8 Å². The van der Waals surface area contributed by atoms with Crippen LogP contribution in [0, 0.1) is 5.92 Å². The van der Waals surface area contributed by atoms with Crippen LogP contribution in [0.4, 0.5) is 0 Å².